The van der Waals surface area contributed by atoms with Gasteiger partial charge < -0.3 is 19.3 Å². The Labute approximate surface area is 148 Å². The summed E-state index contributed by atoms with van der Waals surface area (Å²) in [6, 6.07) is 7.45. The van der Waals surface area contributed by atoms with Crippen LogP contribution in [0, 0.1) is 6.92 Å². The summed E-state index contributed by atoms with van der Waals surface area (Å²) in [5.74, 6) is 1.27. The van der Waals surface area contributed by atoms with Gasteiger partial charge in [0.15, 0.2) is 6.61 Å². The SMILES string of the molecule is COC(=O)COc1ccc(NCc2nc(-c3ccsc3)no2)c(C)c1. The zero-order valence-corrected chi connectivity index (χ0v) is 14.6. The summed E-state index contributed by atoms with van der Waals surface area (Å²) in [4.78, 5) is 15.5. The average molecular weight is 359 g/mol. The van der Waals surface area contributed by atoms with Crippen molar-refractivity contribution in [3.05, 3.63) is 46.5 Å². The van der Waals surface area contributed by atoms with Crippen LogP contribution in [0.15, 0.2) is 39.5 Å². The van der Waals surface area contributed by atoms with Gasteiger partial charge in [-0.05, 0) is 42.1 Å². The minimum absolute atomic E-state index is 0.115. The van der Waals surface area contributed by atoms with E-state index >= 15 is 0 Å². The van der Waals surface area contributed by atoms with Crippen LogP contribution < -0.4 is 10.1 Å². The van der Waals surface area contributed by atoms with Crippen molar-refractivity contribution in [1.29, 1.82) is 0 Å². The molecule has 3 rings (SSSR count). The number of methoxy groups -OCH3 is 1. The number of thiophene rings is 1. The van der Waals surface area contributed by atoms with Gasteiger partial charge in [0.25, 0.3) is 0 Å². The summed E-state index contributed by atoms with van der Waals surface area (Å²) in [7, 11) is 1.32. The maximum Gasteiger partial charge on any atom is 0.343 e. The first kappa shape index (κ1) is 17.0. The Bertz CT molecular complexity index is 845. The summed E-state index contributed by atoms with van der Waals surface area (Å²) >= 11 is 1.59. The van der Waals surface area contributed by atoms with E-state index < -0.39 is 5.97 Å². The summed E-state index contributed by atoms with van der Waals surface area (Å²) in [6.45, 7) is 2.24. The van der Waals surface area contributed by atoms with E-state index in [0.29, 0.717) is 24.0 Å². The zero-order chi connectivity index (χ0) is 17.6. The number of nitrogens with one attached hydrogen (secondary N) is 1. The molecule has 25 heavy (non-hydrogen) atoms. The van der Waals surface area contributed by atoms with E-state index in [1.807, 2.05) is 35.9 Å². The predicted octanol–water partition coefficient (Wildman–Crippen LogP) is 3.27. The van der Waals surface area contributed by atoms with E-state index in [9.17, 15) is 4.79 Å². The van der Waals surface area contributed by atoms with Crippen molar-refractivity contribution in [3.63, 3.8) is 0 Å². The van der Waals surface area contributed by atoms with E-state index in [1.165, 1.54) is 7.11 Å². The van der Waals surface area contributed by atoms with Gasteiger partial charge in [-0.2, -0.15) is 16.3 Å². The number of nitrogens with zero attached hydrogens (tertiary/aromatic N) is 2. The first-order chi connectivity index (χ1) is 12.2. The molecule has 8 heteroatoms. The number of aryl methyl sites for hydroxylation is 1. The lowest BCUT2D eigenvalue weighted by atomic mass is 10.2. The third-order valence-corrected chi connectivity index (χ3v) is 4.14. The molecule has 130 valence electrons. The van der Waals surface area contributed by atoms with Crippen molar-refractivity contribution in [3.8, 4) is 17.1 Å². The fourth-order valence-corrected chi connectivity index (χ4v) is 2.77. The molecule has 0 saturated heterocycles. The van der Waals surface area contributed by atoms with E-state index in [2.05, 4.69) is 20.2 Å². The second kappa shape index (κ2) is 7.80. The third-order valence-electron chi connectivity index (χ3n) is 3.46. The Hall–Kier alpha value is -2.87. The van der Waals surface area contributed by atoms with Crippen LogP contribution in [0.1, 0.15) is 11.5 Å². The Morgan fingerprint density at radius 3 is 2.96 bits per heavy atom. The topological polar surface area (TPSA) is 86.5 Å². The Morgan fingerprint density at radius 1 is 1.36 bits per heavy atom. The highest BCUT2D eigenvalue weighted by Gasteiger charge is 2.10. The van der Waals surface area contributed by atoms with Gasteiger partial charge in [-0.25, -0.2) is 4.79 Å². The van der Waals surface area contributed by atoms with Gasteiger partial charge in [0.05, 0.1) is 13.7 Å². The molecule has 0 spiro atoms. The summed E-state index contributed by atoms with van der Waals surface area (Å²) in [5.41, 5.74) is 2.84. The quantitative estimate of drug-likeness (QED) is 0.648. The number of carbonyl (C=O) groups excluding carboxylic acids is 1. The van der Waals surface area contributed by atoms with Gasteiger partial charge in [0.2, 0.25) is 11.7 Å². The molecular weight excluding hydrogens is 342 g/mol. The molecule has 0 saturated carbocycles. The largest absolute Gasteiger partial charge is 0.482 e. The fourth-order valence-electron chi connectivity index (χ4n) is 2.13. The van der Waals surface area contributed by atoms with Gasteiger partial charge in [-0.15, -0.1) is 0 Å². The van der Waals surface area contributed by atoms with Crippen molar-refractivity contribution in [2.24, 2.45) is 0 Å². The van der Waals surface area contributed by atoms with E-state index in [-0.39, 0.29) is 6.61 Å². The average Bonchev–Trinajstić information content (AvgIpc) is 3.30. The van der Waals surface area contributed by atoms with Crippen LogP contribution in [-0.4, -0.2) is 29.8 Å². The van der Waals surface area contributed by atoms with Gasteiger partial charge >= 0.3 is 5.97 Å². The maximum atomic E-state index is 11.1. The maximum absolute atomic E-state index is 11.1. The Kier molecular flexibility index (Phi) is 5.30. The van der Waals surface area contributed by atoms with Crippen molar-refractivity contribution in [2.75, 3.05) is 19.0 Å². The fraction of sp³-hybridized carbons (Fsp3) is 0.235. The highest BCUT2D eigenvalue weighted by atomic mass is 32.1. The molecule has 2 aromatic heterocycles. The monoisotopic (exact) mass is 359 g/mol. The lowest BCUT2D eigenvalue weighted by Crippen LogP contribution is -2.12. The first-order valence-corrected chi connectivity index (χ1v) is 8.49. The number of hydrogen-bond acceptors (Lipinski definition) is 8. The summed E-state index contributed by atoms with van der Waals surface area (Å²) in [6.07, 6.45) is 0. The highest BCUT2D eigenvalue weighted by Crippen LogP contribution is 2.23. The predicted molar refractivity (Wildman–Crippen MR) is 93.6 cm³/mol. The van der Waals surface area contributed by atoms with E-state index in [0.717, 1.165) is 16.8 Å². The molecule has 2 heterocycles. The minimum atomic E-state index is -0.419. The van der Waals surface area contributed by atoms with Gasteiger partial charge in [-0.3, -0.25) is 0 Å². The van der Waals surface area contributed by atoms with Crippen molar-refractivity contribution >= 4 is 23.0 Å². The molecule has 0 bridgehead atoms. The second-order valence-corrected chi connectivity index (χ2v) is 6.00. The molecule has 0 fully saturated rings. The van der Waals surface area contributed by atoms with E-state index in [1.54, 1.807) is 17.4 Å². The number of ether oxygens (including phenoxy) is 2. The molecule has 3 aromatic rings. The van der Waals surface area contributed by atoms with Gasteiger partial charge in [-0.1, -0.05) is 5.16 Å². The molecule has 0 atom stereocenters. The standard InChI is InChI=1S/C17H17N3O4S/c1-11-7-13(23-9-16(21)22-2)3-4-14(11)18-8-15-19-17(20-24-15)12-5-6-25-10-12/h3-7,10,18H,8-9H2,1-2H3. The van der Waals surface area contributed by atoms with Gasteiger partial charge in [0, 0.05) is 16.6 Å². The number of carbonyl (C=O) groups is 1. The summed E-state index contributed by atoms with van der Waals surface area (Å²) in [5, 5.41) is 11.2. The molecular formula is C17H17N3O4S. The molecule has 1 aromatic carbocycles. The van der Waals surface area contributed by atoms with Crippen LogP contribution in [0.2, 0.25) is 0 Å². The normalized spacial score (nSPS) is 10.5. The second-order valence-electron chi connectivity index (χ2n) is 5.22. The molecule has 0 unspecified atom stereocenters. The minimum Gasteiger partial charge on any atom is -0.482 e. The molecule has 1 N–H and O–H groups in total. The van der Waals surface area contributed by atoms with Crippen LogP contribution in [0.5, 0.6) is 5.75 Å². The van der Waals surface area contributed by atoms with Crippen molar-refractivity contribution < 1.29 is 18.8 Å². The smallest absolute Gasteiger partial charge is 0.343 e. The third kappa shape index (κ3) is 4.36. The van der Waals surface area contributed by atoms with Crippen LogP contribution in [-0.2, 0) is 16.1 Å². The molecule has 0 radical (unpaired) electrons. The number of rotatable bonds is 7. The lowest BCUT2D eigenvalue weighted by Gasteiger charge is -2.10. The van der Waals surface area contributed by atoms with Crippen LogP contribution >= 0.6 is 11.3 Å². The Morgan fingerprint density at radius 2 is 2.24 bits per heavy atom. The van der Waals surface area contributed by atoms with Crippen molar-refractivity contribution in [1.82, 2.24) is 10.1 Å². The van der Waals surface area contributed by atoms with E-state index in [4.69, 9.17) is 9.26 Å². The number of hydrogen-bond donors (Lipinski definition) is 1. The molecule has 0 aliphatic carbocycles. The summed E-state index contributed by atoms with van der Waals surface area (Å²) < 4.78 is 15.2. The first-order valence-electron chi connectivity index (χ1n) is 7.55. The van der Waals surface area contributed by atoms with Crippen molar-refractivity contribution in [2.45, 2.75) is 13.5 Å². The number of benzene rings is 1. The number of esters is 1. The molecule has 0 aliphatic heterocycles. The molecule has 0 amide bonds. The Balaban J connectivity index is 1.59. The highest BCUT2D eigenvalue weighted by molar-refractivity contribution is 7.08. The van der Waals surface area contributed by atoms with Crippen LogP contribution in [0.4, 0.5) is 5.69 Å². The molecule has 0 aliphatic rings. The van der Waals surface area contributed by atoms with Crippen LogP contribution in [0.3, 0.4) is 0 Å². The van der Waals surface area contributed by atoms with Crippen LogP contribution in [0.25, 0.3) is 11.4 Å². The number of aromatic nitrogens is 2. The van der Waals surface area contributed by atoms with Gasteiger partial charge in [0.1, 0.15) is 5.75 Å². The number of anilines is 1. The molecule has 7 nitrogen and oxygen atoms in total. The lowest BCUT2D eigenvalue weighted by molar-refractivity contribution is -0.142. The zero-order valence-electron chi connectivity index (χ0n) is 13.8.